The summed E-state index contributed by atoms with van der Waals surface area (Å²) >= 11 is 0. The topological polar surface area (TPSA) is 51.4 Å². The monoisotopic (exact) mass is 221 g/mol. The standard InChI is InChI=1S/C12H19N3O/c1-10-2-3-11(7-14-10)8-15-4-5-16-12(6-13)9-15/h2-3,7,12H,4-6,8-9,13H2,1H3. The second kappa shape index (κ2) is 5.39. The number of pyridine rings is 1. The van der Waals surface area contributed by atoms with Crippen molar-refractivity contribution >= 4 is 0 Å². The van der Waals surface area contributed by atoms with Gasteiger partial charge in [-0.3, -0.25) is 9.88 Å². The predicted molar refractivity (Wildman–Crippen MR) is 63.0 cm³/mol. The fourth-order valence-corrected chi connectivity index (χ4v) is 1.92. The van der Waals surface area contributed by atoms with Crippen LogP contribution < -0.4 is 5.73 Å². The Morgan fingerprint density at radius 2 is 2.44 bits per heavy atom. The molecule has 1 saturated heterocycles. The van der Waals surface area contributed by atoms with Gasteiger partial charge in [0.25, 0.3) is 0 Å². The zero-order chi connectivity index (χ0) is 11.4. The fourth-order valence-electron chi connectivity index (χ4n) is 1.92. The van der Waals surface area contributed by atoms with Gasteiger partial charge < -0.3 is 10.5 Å². The summed E-state index contributed by atoms with van der Waals surface area (Å²) in [7, 11) is 0. The second-order valence-electron chi connectivity index (χ2n) is 4.27. The van der Waals surface area contributed by atoms with E-state index in [1.165, 1.54) is 5.56 Å². The van der Waals surface area contributed by atoms with Crippen molar-refractivity contribution in [2.24, 2.45) is 5.73 Å². The van der Waals surface area contributed by atoms with E-state index in [0.717, 1.165) is 31.9 Å². The molecule has 2 N–H and O–H groups in total. The maximum Gasteiger partial charge on any atom is 0.0824 e. The van der Waals surface area contributed by atoms with Crippen LogP contribution >= 0.6 is 0 Å². The summed E-state index contributed by atoms with van der Waals surface area (Å²) in [5.41, 5.74) is 7.93. The Labute approximate surface area is 96.4 Å². The number of morpholine rings is 1. The third-order valence-corrected chi connectivity index (χ3v) is 2.86. The van der Waals surface area contributed by atoms with Gasteiger partial charge in [-0.15, -0.1) is 0 Å². The smallest absolute Gasteiger partial charge is 0.0824 e. The highest BCUT2D eigenvalue weighted by molar-refractivity contribution is 5.13. The van der Waals surface area contributed by atoms with Crippen molar-refractivity contribution in [3.8, 4) is 0 Å². The van der Waals surface area contributed by atoms with Crippen LogP contribution in [0.25, 0.3) is 0 Å². The third-order valence-electron chi connectivity index (χ3n) is 2.86. The van der Waals surface area contributed by atoms with E-state index in [-0.39, 0.29) is 6.10 Å². The van der Waals surface area contributed by atoms with Crippen molar-refractivity contribution < 1.29 is 4.74 Å². The van der Waals surface area contributed by atoms with E-state index in [4.69, 9.17) is 10.5 Å². The Morgan fingerprint density at radius 3 is 3.12 bits per heavy atom. The minimum Gasteiger partial charge on any atom is -0.374 e. The van der Waals surface area contributed by atoms with Crippen molar-refractivity contribution in [1.29, 1.82) is 0 Å². The van der Waals surface area contributed by atoms with Crippen LogP contribution in [0.5, 0.6) is 0 Å². The summed E-state index contributed by atoms with van der Waals surface area (Å²) in [4.78, 5) is 6.67. The normalized spacial score (nSPS) is 22.2. The largest absolute Gasteiger partial charge is 0.374 e. The Morgan fingerprint density at radius 1 is 1.56 bits per heavy atom. The Kier molecular flexibility index (Phi) is 3.88. The first-order chi connectivity index (χ1) is 7.78. The molecule has 1 aliphatic rings. The lowest BCUT2D eigenvalue weighted by Crippen LogP contribution is -2.45. The highest BCUT2D eigenvalue weighted by Crippen LogP contribution is 2.09. The summed E-state index contributed by atoms with van der Waals surface area (Å²) in [6, 6.07) is 4.19. The molecule has 0 radical (unpaired) electrons. The number of rotatable bonds is 3. The zero-order valence-electron chi connectivity index (χ0n) is 9.72. The molecule has 16 heavy (non-hydrogen) atoms. The van der Waals surface area contributed by atoms with Gasteiger partial charge in [0.2, 0.25) is 0 Å². The molecule has 0 saturated carbocycles. The first-order valence-electron chi connectivity index (χ1n) is 5.73. The molecular weight excluding hydrogens is 202 g/mol. The fraction of sp³-hybridized carbons (Fsp3) is 0.583. The average molecular weight is 221 g/mol. The van der Waals surface area contributed by atoms with Gasteiger partial charge in [-0.2, -0.15) is 0 Å². The quantitative estimate of drug-likeness (QED) is 0.810. The van der Waals surface area contributed by atoms with Crippen molar-refractivity contribution in [2.75, 3.05) is 26.2 Å². The molecule has 1 aliphatic heterocycles. The van der Waals surface area contributed by atoms with Crippen LogP contribution in [0.2, 0.25) is 0 Å². The number of aryl methyl sites for hydroxylation is 1. The Hall–Kier alpha value is -0.970. The van der Waals surface area contributed by atoms with Gasteiger partial charge >= 0.3 is 0 Å². The average Bonchev–Trinajstić information content (AvgIpc) is 2.32. The summed E-state index contributed by atoms with van der Waals surface area (Å²) in [5, 5.41) is 0. The molecule has 4 heteroatoms. The summed E-state index contributed by atoms with van der Waals surface area (Å²) in [6.07, 6.45) is 2.13. The van der Waals surface area contributed by atoms with E-state index in [2.05, 4.69) is 22.0 Å². The van der Waals surface area contributed by atoms with E-state index >= 15 is 0 Å². The van der Waals surface area contributed by atoms with E-state index in [1.54, 1.807) is 0 Å². The second-order valence-corrected chi connectivity index (χ2v) is 4.27. The van der Waals surface area contributed by atoms with E-state index in [0.29, 0.717) is 6.54 Å². The lowest BCUT2D eigenvalue weighted by atomic mass is 10.2. The summed E-state index contributed by atoms with van der Waals surface area (Å²) in [6.45, 7) is 6.22. The number of ether oxygens (including phenoxy) is 1. The van der Waals surface area contributed by atoms with Gasteiger partial charge in [-0.25, -0.2) is 0 Å². The minimum absolute atomic E-state index is 0.187. The van der Waals surface area contributed by atoms with Gasteiger partial charge in [0.05, 0.1) is 12.7 Å². The molecule has 0 aromatic carbocycles. The van der Waals surface area contributed by atoms with Crippen LogP contribution in [-0.2, 0) is 11.3 Å². The van der Waals surface area contributed by atoms with Gasteiger partial charge in [0.15, 0.2) is 0 Å². The van der Waals surface area contributed by atoms with Crippen molar-refractivity contribution in [1.82, 2.24) is 9.88 Å². The number of nitrogens with zero attached hydrogens (tertiary/aromatic N) is 2. The van der Waals surface area contributed by atoms with Gasteiger partial charge in [-0.1, -0.05) is 6.07 Å². The lowest BCUT2D eigenvalue weighted by Gasteiger charge is -2.32. The predicted octanol–water partition coefficient (Wildman–Crippen LogP) is 0.550. The van der Waals surface area contributed by atoms with Crippen LogP contribution in [0.4, 0.5) is 0 Å². The SMILES string of the molecule is Cc1ccc(CN2CCOC(CN)C2)cn1. The van der Waals surface area contributed by atoms with Crippen molar-refractivity contribution in [2.45, 2.75) is 19.6 Å². The maximum absolute atomic E-state index is 5.61. The van der Waals surface area contributed by atoms with Crippen LogP contribution in [0, 0.1) is 6.92 Å². The molecule has 88 valence electrons. The van der Waals surface area contributed by atoms with Crippen molar-refractivity contribution in [3.05, 3.63) is 29.6 Å². The van der Waals surface area contributed by atoms with E-state index in [1.807, 2.05) is 13.1 Å². The van der Waals surface area contributed by atoms with E-state index in [9.17, 15) is 0 Å². The molecule has 0 bridgehead atoms. The molecular formula is C12H19N3O. The molecule has 1 aromatic heterocycles. The first-order valence-corrected chi connectivity index (χ1v) is 5.73. The number of aromatic nitrogens is 1. The Bertz CT molecular complexity index is 326. The molecule has 2 rings (SSSR count). The molecule has 1 atom stereocenters. The van der Waals surface area contributed by atoms with E-state index < -0.39 is 0 Å². The van der Waals surface area contributed by atoms with Crippen LogP contribution in [0.15, 0.2) is 18.3 Å². The van der Waals surface area contributed by atoms with Gasteiger partial charge in [0, 0.05) is 38.1 Å². The van der Waals surface area contributed by atoms with Crippen LogP contribution in [0.3, 0.4) is 0 Å². The molecule has 0 aliphatic carbocycles. The minimum atomic E-state index is 0.187. The molecule has 1 fully saturated rings. The van der Waals surface area contributed by atoms with Gasteiger partial charge in [-0.05, 0) is 18.6 Å². The third kappa shape index (κ3) is 3.01. The maximum atomic E-state index is 5.61. The highest BCUT2D eigenvalue weighted by atomic mass is 16.5. The number of nitrogens with two attached hydrogens (primary N) is 1. The first kappa shape index (κ1) is 11.5. The summed E-state index contributed by atoms with van der Waals surface area (Å²) in [5.74, 6) is 0. The zero-order valence-corrected chi connectivity index (χ0v) is 9.72. The molecule has 1 aromatic rings. The van der Waals surface area contributed by atoms with Crippen LogP contribution in [-0.4, -0.2) is 42.2 Å². The Balaban J connectivity index is 1.91. The number of hydrogen-bond acceptors (Lipinski definition) is 4. The molecule has 1 unspecified atom stereocenters. The van der Waals surface area contributed by atoms with Crippen LogP contribution in [0.1, 0.15) is 11.3 Å². The molecule has 0 amide bonds. The molecule has 2 heterocycles. The summed E-state index contributed by atoms with van der Waals surface area (Å²) < 4.78 is 5.53. The van der Waals surface area contributed by atoms with Gasteiger partial charge in [0.1, 0.15) is 0 Å². The lowest BCUT2D eigenvalue weighted by molar-refractivity contribution is -0.0260. The van der Waals surface area contributed by atoms with Crippen molar-refractivity contribution in [3.63, 3.8) is 0 Å². The highest BCUT2D eigenvalue weighted by Gasteiger charge is 2.18. The molecule has 4 nitrogen and oxygen atoms in total. The molecule has 0 spiro atoms. The number of hydrogen-bond donors (Lipinski definition) is 1.